The first-order valence-corrected chi connectivity index (χ1v) is 14.2. The number of fused-ring (bicyclic) bond motifs is 2. The number of carbonyl (C=O) groups is 4. The maximum atomic E-state index is 14.3. The molecule has 9 nitrogen and oxygen atoms in total. The van der Waals surface area contributed by atoms with Crippen molar-refractivity contribution in [3.05, 3.63) is 76.6 Å². The number of likely N-dealkylation sites (tertiary alicyclic amines) is 1. The third-order valence-corrected chi connectivity index (χ3v) is 8.20. The molecule has 1 fully saturated rings. The van der Waals surface area contributed by atoms with E-state index in [0.717, 1.165) is 23.8 Å². The van der Waals surface area contributed by atoms with E-state index in [1.165, 1.54) is 16.8 Å². The van der Waals surface area contributed by atoms with Crippen molar-refractivity contribution in [2.24, 2.45) is 11.3 Å². The molecular formula is C32H37F2N5O4. The van der Waals surface area contributed by atoms with Crippen LogP contribution in [-0.4, -0.2) is 65.3 Å². The number of amides is 4. The number of hydrogen-bond acceptors (Lipinski definition) is 4. The summed E-state index contributed by atoms with van der Waals surface area (Å²) in [5, 5.41) is 5.50. The zero-order valence-corrected chi connectivity index (χ0v) is 25.2. The quantitative estimate of drug-likeness (QED) is 0.466. The van der Waals surface area contributed by atoms with E-state index >= 15 is 0 Å². The van der Waals surface area contributed by atoms with Crippen molar-refractivity contribution in [3.63, 3.8) is 0 Å². The van der Waals surface area contributed by atoms with Crippen molar-refractivity contribution in [1.82, 2.24) is 15.1 Å². The van der Waals surface area contributed by atoms with Crippen LogP contribution in [0, 0.1) is 29.5 Å². The van der Waals surface area contributed by atoms with Gasteiger partial charge < -0.3 is 15.5 Å². The largest absolute Gasteiger partial charge is 0.340 e. The minimum atomic E-state index is -1.19. The van der Waals surface area contributed by atoms with E-state index in [2.05, 4.69) is 15.5 Å². The lowest BCUT2D eigenvalue weighted by molar-refractivity contribution is -0.147. The molecule has 4 amide bonds. The Bertz CT molecular complexity index is 1500. The molecule has 0 aromatic heterocycles. The highest BCUT2D eigenvalue weighted by molar-refractivity contribution is 6.07. The molecule has 4 atom stereocenters. The Morgan fingerprint density at radius 1 is 1.16 bits per heavy atom. The van der Waals surface area contributed by atoms with Crippen molar-refractivity contribution < 1.29 is 28.0 Å². The highest BCUT2D eigenvalue weighted by atomic mass is 19.2. The van der Waals surface area contributed by atoms with Gasteiger partial charge in [-0.3, -0.25) is 28.9 Å². The van der Waals surface area contributed by atoms with Crippen LogP contribution in [0.25, 0.3) is 4.85 Å². The number of halogens is 2. The smallest absolute Gasteiger partial charge is 0.302 e. The summed E-state index contributed by atoms with van der Waals surface area (Å²) in [4.78, 5) is 60.8. The molecule has 43 heavy (non-hydrogen) atoms. The highest BCUT2D eigenvalue weighted by Crippen LogP contribution is 2.47. The van der Waals surface area contributed by atoms with Gasteiger partial charge in [-0.1, -0.05) is 52.8 Å². The number of nitrogens with zero attached hydrogens (tertiary/aromatic N) is 3. The lowest BCUT2D eigenvalue weighted by atomic mass is 9.80. The maximum absolute atomic E-state index is 14.3. The fourth-order valence-corrected chi connectivity index (χ4v) is 5.87. The molecular weight excluding hydrogens is 556 g/mol. The Morgan fingerprint density at radius 3 is 2.44 bits per heavy atom. The summed E-state index contributed by atoms with van der Waals surface area (Å²) in [6.45, 7) is 17.1. The molecule has 0 saturated carbocycles. The van der Waals surface area contributed by atoms with Gasteiger partial charge in [0, 0.05) is 24.8 Å². The number of para-hydroxylation sites is 1. The predicted molar refractivity (Wildman–Crippen MR) is 157 cm³/mol. The average molecular weight is 594 g/mol. The molecule has 0 bridgehead atoms. The van der Waals surface area contributed by atoms with Gasteiger partial charge in [-0.2, -0.15) is 0 Å². The number of rotatable bonds is 7. The first-order chi connectivity index (χ1) is 20.1. The van der Waals surface area contributed by atoms with Crippen LogP contribution in [0.2, 0.25) is 0 Å². The van der Waals surface area contributed by atoms with Crippen LogP contribution in [0.4, 0.5) is 14.5 Å². The van der Waals surface area contributed by atoms with Crippen LogP contribution < -0.4 is 10.6 Å². The summed E-state index contributed by atoms with van der Waals surface area (Å²) < 4.78 is 27.2. The Morgan fingerprint density at radius 2 is 1.84 bits per heavy atom. The predicted octanol–water partition coefficient (Wildman–Crippen LogP) is 4.35. The summed E-state index contributed by atoms with van der Waals surface area (Å²) >= 11 is 0. The average Bonchev–Trinajstić information content (AvgIpc) is 3.47. The van der Waals surface area contributed by atoms with E-state index in [1.807, 2.05) is 32.9 Å². The normalized spacial score (nSPS) is 20.8. The van der Waals surface area contributed by atoms with Crippen LogP contribution in [0.5, 0.6) is 0 Å². The Labute approximate surface area is 250 Å². The van der Waals surface area contributed by atoms with Gasteiger partial charge in [0.25, 0.3) is 11.8 Å². The van der Waals surface area contributed by atoms with Gasteiger partial charge in [-0.15, -0.1) is 0 Å². The molecule has 2 aliphatic heterocycles. The number of benzene rings is 2. The van der Waals surface area contributed by atoms with Crippen LogP contribution in [0.1, 0.15) is 63.4 Å². The third kappa shape index (κ3) is 6.10. The van der Waals surface area contributed by atoms with Crippen molar-refractivity contribution in [2.45, 2.75) is 71.1 Å². The third-order valence-electron chi connectivity index (χ3n) is 8.20. The van der Waals surface area contributed by atoms with Crippen molar-refractivity contribution >= 4 is 29.3 Å². The monoisotopic (exact) mass is 593 g/mol. The van der Waals surface area contributed by atoms with Gasteiger partial charge in [-0.05, 0) is 47.6 Å². The van der Waals surface area contributed by atoms with Crippen LogP contribution in [0.3, 0.4) is 0 Å². The molecule has 1 spiro atoms. The van der Waals surface area contributed by atoms with Crippen molar-refractivity contribution in [2.75, 3.05) is 18.9 Å². The Hall–Kier alpha value is -4.33. The van der Waals surface area contributed by atoms with Gasteiger partial charge in [0.15, 0.2) is 11.6 Å². The molecule has 2 heterocycles. The summed E-state index contributed by atoms with van der Waals surface area (Å²) in [5.74, 6) is -4.76. The Kier molecular flexibility index (Phi) is 8.63. The van der Waals surface area contributed by atoms with Gasteiger partial charge in [-0.25, -0.2) is 15.4 Å². The molecule has 2 aromatic carbocycles. The molecule has 0 radical (unpaired) electrons. The molecule has 2 aromatic rings. The van der Waals surface area contributed by atoms with E-state index in [-0.39, 0.29) is 30.9 Å². The minimum absolute atomic E-state index is 0.00905. The lowest BCUT2D eigenvalue weighted by Gasteiger charge is -2.37. The van der Waals surface area contributed by atoms with Gasteiger partial charge in [0.05, 0.1) is 6.42 Å². The lowest BCUT2D eigenvalue weighted by Crippen LogP contribution is -2.57. The van der Waals surface area contributed by atoms with E-state index in [0.29, 0.717) is 5.69 Å². The van der Waals surface area contributed by atoms with Gasteiger partial charge in [0.1, 0.15) is 17.5 Å². The summed E-state index contributed by atoms with van der Waals surface area (Å²) in [7, 11) is 1.48. The van der Waals surface area contributed by atoms with Crippen LogP contribution in [0.15, 0.2) is 42.5 Å². The fraction of sp³-hybridized carbons (Fsp3) is 0.469. The second kappa shape index (κ2) is 11.7. The minimum Gasteiger partial charge on any atom is -0.340 e. The van der Waals surface area contributed by atoms with Crippen molar-refractivity contribution in [3.8, 4) is 0 Å². The van der Waals surface area contributed by atoms with E-state index in [9.17, 15) is 28.0 Å². The summed E-state index contributed by atoms with van der Waals surface area (Å²) in [6, 6.07) is 7.85. The molecule has 0 aliphatic carbocycles. The second-order valence-corrected chi connectivity index (χ2v) is 12.9. The molecule has 11 heteroatoms. The zero-order chi connectivity index (χ0) is 31.9. The highest BCUT2D eigenvalue weighted by Gasteiger charge is 2.59. The molecule has 228 valence electrons. The topological polar surface area (TPSA) is 103 Å². The number of anilines is 1. The number of likely N-dealkylation sites (N-methyl/N-ethyl adjacent to an activating group) is 1. The zero-order valence-electron chi connectivity index (χ0n) is 25.2. The molecule has 4 rings (SSSR count). The standard InChI is InChI=1S/C32H37F2N5O4/c1-18(2)26(37-27(40)19-12-13-21(33)22(34)14-19)29(42)38(7)24(15-31(3,4)5)28(41)39-17-32(16-25(39)35-6)20-10-8-9-11-23(20)36-30(32)43/h8-14,18,24-26H,15-17H2,1-5,7H3,(H,36,43)(H,37,40)/t24-,25-,26-,32-/m0/s1. The van der Waals surface area contributed by atoms with E-state index in [4.69, 9.17) is 6.57 Å². The number of carbonyl (C=O) groups excluding carboxylic acids is 4. The molecule has 0 unspecified atom stereocenters. The molecule has 2 N–H and O–H groups in total. The second-order valence-electron chi connectivity index (χ2n) is 12.9. The number of nitrogens with one attached hydrogen (secondary N) is 2. The molecule has 1 saturated heterocycles. The SMILES string of the molecule is [C-]#[N+][C@@H]1C[C@@]2(CN1C(=O)[C@H](CC(C)(C)C)N(C)C(=O)[C@@H](NC(=O)c1ccc(F)c(F)c1)C(C)C)C(=O)Nc1ccccc12. The molecule has 2 aliphatic rings. The van der Waals surface area contributed by atoms with Crippen molar-refractivity contribution in [1.29, 1.82) is 0 Å². The van der Waals surface area contributed by atoms with Gasteiger partial charge >= 0.3 is 6.17 Å². The van der Waals surface area contributed by atoms with E-state index in [1.54, 1.807) is 26.0 Å². The maximum Gasteiger partial charge on any atom is 0.302 e. The van der Waals surface area contributed by atoms with E-state index < -0.39 is 64.4 Å². The first kappa shape index (κ1) is 31.6. The van der Waals surface area contributed by atoms with Crippen LogP contribution in [-0.2, 0) is 19.8 Å². The van der Waals surface area contributed by atoms with Crippen LogP contribution >= 0.6 is 0 Å². The fourth-order valence-electron chi connectivity index (χ4n) is 5.87. The summed E-state index contributed by atoms with van der Waals surface area (Å²) in [5.41, 5.74) is -0.254. The van der Waals surface area contributed by atoms with Gasteiger partial charge in [0.2, 0.25) is 11.8 Å². The first-order valence-electron chi connectivity index (χ1n) is 14.2. The summed E-state index contributed by atoms with van der Waals surface area (Å²) in [6.07, 6.45) is -0.541. The number of hydrogen-bond donors (Lipinski definition) is 2. The Balaban J connectivity index is 1.63.